The lowest BCUT2D eigenvalue weighted by molar-refractivity contribution is 1.23. The zero-order valence-corrected chi connectivity index (χ0v) is 7.32. The van der Waals surface area contributed by atoms with Crippen LogP contribution in [0.1, 0.15) is 19.3 Å². The molecular weight excluding hydrogens is 144 g/mol. The van der Waals surface area contributed by atoms with Crippen molar-refractivity contribution in [3.63, 3.8) is 0 Å². The smallest absolute Gasteiger partial charge is 0.0130 e. The van der Waals surface area contributed by atoms with Gasteiger partial charge in [-0.15, -0.1) is 0 Å². The summed E-state index contributed by atoms with van der Waals surface area (Å²) in [6, 6.07) is 0. The minimum absolute atomic E-state index is 1.04. The molecule has 0 N–H and O–H groups in total. The zero-order chi connectivity index (χ0) is 8.49. The van der Waals surface area contributed by atoms with Gasteiger partial charge in [-0.05, 0) is 25.7 Å². The van der Waals surface area contributed by atoms with Crippen molar-refractivity contribution in [1.29, 1.82) is 0 Å². The van der Waals surface area contributed by atoms with E-state index in [0.717, 1.165) is 19.3 Å². The summed E-state index contributed by atoms with van der Waals surface area (Å²) in [6.45, 7) is 0. The number of allylic oxidation sites excluding steroid dienone is 8. The first-order valence-corrected chi connectivity index (χ1v) is 4.45. The Morgan fingerprint density at radius 1 is 0.500 bits per heavy atom. The highest BCUT2D eigenvalue weighted by atomic mass is 13.8. The molecule has 1 aliphatic carbocycles. The van der Waals surface area contributed by atoms with Crippen LogP contribution >= 0.6 is 0 Å². The summed E-state index contributed by atoms with van der Waals surface area (Å²) in [5.74, 6) is 0. The van der Waals surface area contributed by atoms with Crippen LogP contribution in [-0.4, -0.2) is 0 Å². The minimum atomic E-state index is 1.04. The Hall–Kier alpha value is -1.04. The first kappa shape index (κ1) is 9.05. The summed E-state index contributed by atoms with van der Waals surface area (Å²) in [5.41, 5.74) is 0. The largest absolute Gasteiger partial charge is 0.0876 e. The Labute approximate surface area is 75.0 Å². The van der Waals surface area contributed by atoms with E-state index in [1.54, 1.807) is 0 Å². The third-order valence-electron chi connectivity index (χ3n) is 1.64. The predicted octanol–water partition coefficient (Wildman–Crippen LogP) is 3.60. The maximum absolute atomic E-state index is 2.20. The van der Waals surface area contributed by atoms with Crippen molar-refractivity contribution in [2.45, 2.75) is 19.3 Å². The number of hydrogen-bond donors (Lipinski definition) is 0. The van der Waals surface area contributed by atoms with Crippen molar-refractivity contribution in [1.82, 2.24) is 0 Å². The van der Waals surface area contributed by atoms with Crippen LogP contribution in [0.4, 0.5) is 0 Å². The predicted molar refractivity (Wildman–Crippen MR) is 54.7 cm³/mol. The quantitative estimate of drug-likeness (QED) is 0.474. The van der Waals surface area contributed by atoms with E-state index in [2.05, 4.69) is 55.0 Å². The molecule has 0 heteroatoms. The molecule has 0 saturated heterocycles. The van der Waals surface area contributed by atoms with E-state index >= 15 is 0 Å². The summed E-state index contributed by atoms with van der Waals surface area (Å²) in [5, 5.41) is 0. The summed E-state index contributed by atoms with van der Waals surface area (Å²) < 4.78 is 0. The monoisotopic (exact) mass is 159 g/mol. The molecule has 0 unspecified atom stereocenters. The molecule has 1 rings (SSSR count). The van der Waals surface area contributed by atoms with Crippen LogP contribution in [0.3, 0.4) is 0 Å². The van der Waals surface area contributed by atoms with Gasteiger partial charge in [-0.1, -0.05) is 48.6 Å². The molecule has 0 amide bonds. The number of hydrogen-bond acceptors (Lipinski definition) is 0. The van der Waals surface area contributed by atoms with Gasteiger partial charge in [-0.3, -0.25) is 0 Å². The van der Waals surface area contributed by atoms with Gasteiger partial charge in [0.1, 0.15) is 0 Å². The Morgan fingerprint density at radius 2 is 1.17 bits per heavy atom. The summed E-state index contributed by atoms with van der Waals surface area (Å²) in [6.07, 6.45) is 22.5. The second-order valence-corrected chi connectivity index (χ2v) is 2.70. The topological polar surface area (TPSA) is 0 Å². The van der Waals surface area contributed by atoms with E-state index in [9.17, 15) is 0 Å². The molecule has 0 atom stereocenters. The molecule has 0 aromatic rings. The fraction of sp³-hybridized carbons (Fsp3) is 0.250. The van der Waals surface area contributed by atoms with Gasteiger partial charge >= 0.3 is 0 Å². The molecule has 0 nitrogen and oxygen atoms in total. The van der Waals surface area contributed by atoms with Crippen LogP contribution in [0.15, 0.2) is 48.6 Å². The van der Waals surface area contributed by atoms with Crippen LogP contribution in [0.2, 0.25) is 0 Å². The lowest BCUT2D eigenvalue weighted by Gasteiger charge is -1.87. The van der Waals surface area contributed by atoms with Gasteiger partial charge in [-0.25, -0.2) is 0 Å². The summed E-state index contributed by atoms with van der Waals surface area (Å²) in [4.78, 5) is 0. The standard InChI is InChI=1S/C12H15/c1-2-4-6-8-10-12-11-9-7-5-3-1/h1-5,8-11H,6-7,12H2. The third-order valence-corrected chi connectivity index (χ3v) is 1.64. The molecule has 0 aromatic heterocycles. The summed E-state index contributed by atoms with van der Waals surface area (Å²) in [7, 11) is 0. The molecule has 0 saturated carbocycles. The van der Waals surface area contributed by atoms with Gasteiger partial charge < -0.3 is 0 Å². The highest BCUT2D eigenvalue weighted by Crippen LogP contribution is 1.97. The lowest BCUT2D eigenvalue weighted by atomic mass is 10.2. The first-order valence-electron chi connectivity index (χ1n) is 4.45. The molecular formula is C12H15. The van der Waals surface area contributed by atoms with Crippen molar-refractivity contribution in [3.05, 3.63) is 55.0 Å². The normalized spacial score (nSPS) is 18.7. The van der Waals surface area contributed by atoms with Crippen LogP contribution in [-0.2, 0) is 0 Å². The van der Waals surface area contributed by atoms with E-state index in [1.807, 2.05) is 0 Å². The van der Waals surface area contributed by atoms with Crippen molar-refractivity contribution in [3.8, 4) is 0 Å². The molecule has 12 heavy (non-hydrogen) atoms. The fourth-order valence-electron chi connectivity index (χ4n) is 0.999. The van der Waals surface area contributed by atoms with Crippen molar-refractivity contribution in [2.24, 2.45) is 0 Å². The first-order chi connectivity index (χ1) is 6.00. The lowest BCUT2D eigenvalue weighted by Crippen LogP contribution is -1.68. The van der Waals surface area contributed by atoms with Crippen molar-refractivity contribution in [2.75, 3.05) is 0 Å². The average Bonchev–Trinajstić information content (AvgIpc) is 2.05. The molecule has 1 radical (unpaired) electrons. The highest BCUT2D eigenvalue weighted by molar-refractivity contribution is 5.11. The van der Waals surface area contributed by atoms with E-state index in [-0.39, 0.29) is 0 Å². The molecule has 0 fully saturated rings. The Morgan fingerprint density at radius 3 is 2.00 bits per heavy atom. The van der Waals surface area contributed by atoms with E-state index < -0.39 is 0 Å². The second kappa shape index (κ2) is 6.66. The van der Waals surface area contributed by atoms with Crippen LogP contribution in [0, 0.1) is 6.42 Å². The van der Waals surface area contributed by atoms with E-state index in [0.29, 0.717) is 0 Å². The van der Waals surface area contributed by atoms with Gasteiger partial charge in [0.05, 0.1) is 0 Å². The van der Waals surface area contributed by atoms with E-state index in [1.165, 1.54) is 0 Å². The fourth-order valence-corrected chi connectivity index (χ4v) is 0.999. The minimum Gasteiger partial charge on any atom is -0.0876 e. The van der Waals surface area contributed by atoms with Gasteiger partial charge in [0.25, 0.3) is 0 Å². The van der Waals surface area contributed by atoms with Crippen LogP contribution in [0.25, 0.3) is 0 Å². The number of rotatable bonds is 0. The maximum atomic E-state index is 2.20. The van der Waals surface area contributed by atoms with Crippen molar-refractivity contribution < 1.29 is 0 Å². The molecule has 0 aliphatic heterocycles. The van der Waals surface area contributed by atoms with E-state index in [4.69, 9.17) is 0 Å². The van der Waals surface area contributed by atoms with Gasteiger partial charge in [-0.2, -0.15) is 0 Å². The highest BCUT2D eigenvalue weighted by Gasteiger charge is 1.78. The third kappa shape index (κ3) is 4.73. The van der Waals surface area contributed by atoms with Crippen LogP contribution < -0.4 is 0 Å². The molecule has 0 heterocycles. The average molecular weight is 159 g/mol. The molecule has 0 bridgehead atoms. The van der Waals surface area contributed by atoms with Crippen LogP contribution in [0.5, 0.6) is 0 Å². The SMILES string of the molecule is [CH]1C=CC=CCC=CCC=CC1. The molecule has 63 valence electrons. The van der Waals surface area contributed by atoms with Crippen molar-refractivity contribution >= 4 is 0 Å². The Kier molecular flexibility index (Phi) is 5.02. The molecule has 1 aliphatic rings. The van der Waals surface area contributed by atoms with Gasteiger partial charge in [0.15, 0.2) is 0 Å². The maximum Gasteiger partial charge on any atom is -0.0130 e. The van der Waals surface area contributed by atoms with Gasteiger partial charge in [0, 0.05) is 0 Å². The Balaban J connectivity index is 2.41. The molecule has 0 aromatic carbocycles. The zero-order valence-electron chi connectivity index (χ0n) is 7.32. The second-order valence-electron chi connectivity index (χ2n) is 2.70. The molecule has 0 spiro atoms. The Bertz CT molecular complexity index is 204. The van der Waals surface area contributed by atoms with Gasteiger partial charge in [0.2, 0.25) is 0 Å². The summed E-state index contributed by atoms with van der Waals surface area (Å²) >= 11 is 0.